The summed E-state index contributed by atoms with van der Waals surface area (Å²) in [5, 5.41) is 5.21. The van der Waals surface area contributed by atoms with Gasteiger partial charge in [-0.05, 0) is 37.6 Å². The van der Waals surface area contributed by atoms with Crippen LogP contribution in [0.4, 0.5) is 9.52 Å². The average Bonchev–Trinajstić information content (AvgIpc) is 3.02. The molecule has 0 saturated carbocycles. The molecule has 2 aromatic rings. The number of hydrogen-bond donors (Lipinski definition) is 1. The van der Waals surface area contributed by atoms with Crippen LogP contribution in [0.2, 0.25) is 0 Å². The summed E-state index contributed by atoms with van der Waals surface area (Å²) in [4.78, 5) is 32.9. The van der Waals surface area contributed by atoms with Gasteiger partial charge in [0.1, 0.15) is 5.82 Å². The Hall–Kier alpha value is -2.32. The maximum Gasteiger partial charge on any atom is 0.253 e. The fourth-order valence-corrected chi connectivity index (χ4v) is 3.50. The van der Waals surface area contributed by atoms with E-state index in [1.54, 1.807) is 11.1 Å². The van der Waals surface area contributed by atoms with Crippen molar-refractivity contribution >= 4 is 28.3 Å². The van der Waals surface area contributed by atoms with Crippen LogP contribution in [-0.4, -0.2) is 58.8 Å². The van der Waals surface area contributed by atoms with Crippen molar-refractivity contribution in [3.63, 3.8) is 0 Å². The lowest BCUT2D eigenvalue weighted by molar-refractivity contribution is -0.120. The van der Waals surface area contributed by atoms with E-state index in [9.17, 15) is 14.0 Å². The maximum atomic E-state index is 13.0. The topological polar surface area (TPSA) is 65.5 Å². The van der Waals surface area contributed by atoms with Crippen molar-refractivity contribution in [2.75, 3.05) is 31.5 Å². The average molecular weight is 376 g/mol. The van der Waals surface area contributed by atoms with Gasteiger partial charge >= 0.3 is 0 Å². The molecule has 1 aromatic carbocycles. The number of thiazole rings is 1. The molecule has 2 amide bonds. The third-order valence-corrected chi connectivity index (χ3v) is 5.19. The second kappa shape index (κ2) is 8.37. The van der Waals surface area contributed by atoms with Gasteiger partial charge in [0, 0.05) is 43.3 Å². The Morgan fingerprint density at radius 3 is 2.65 bits per heavy atom. The van der Waals surface area contributed by atoms with Crippen LogP contribution in [-0.2, 0) is 4.79 Å². The summed E-state index contributed by atoms with van der Waals surface area (Å²) >= 11 is 1.38. The summed E-state index contributed by atoms with van der Waals surface area (Å²) in [6.45, 7) is 4.36. The molecule has 1 atom stereocenters. The quantitative estimate of drug-likeness (QED) is 0.890. The fraction of sp³-hybridized carbons (Fsp3) is 0.389. The number of aromatic nitrogens is 1. The Kier molecular flexibility index (Phi) is 5.95. The molecule has 3 rings (SSSR count). The van der Waals surface area contributed by atoms with Crippen LogP contribution in [0.1, 0.15) is 23.7 Å². The normalized spacial score (nSPS) is 16.8. The molecule has 8 heteroatoms. The minimum absolute atomic E-state index is 0.0988. The number of hydrogen-bond acceptors (Lipinski definition) is 5. The molecule has 2 heterocycles. The molecule has 1 aromatic heterocycles. The third kappa shape index (κ3) is 4.44. The Labute approximate surface area is 155 Å². The molecule has 6 nitrogen and oxygen atoms in total. The van der Waals surface area contributed by atoms with Crippen LogP contribution in [0.25, 0.3) is 0 Å². The second-order valence-electron chi connectivity index (χ2n) is 6.19. The maximum absolute atomic E-state index is 13.0. The van der Waals surface area contributed by atoms with E-state index in [1.807, 2.05) is 12.3 Å². The van der Waals surface area contributed by atoms with Crippen LogP contribution in [0.5, 0.6) is 0 Å². The molecule has 0 aliphatic carbocycles. The molecule has 1 fully saturated rings. The van der Waals surface area contributed by atoms with Gasteiger partial charge in [-0.1, -0.05) is 0 Å². The van der Waals surface area contributed by atoms with E-state index in [2.05, 4.69) is 15.2 Å². The number of halogens is 1. The van der Waals surface area contributed by atoms with Gasteiger partial charge in [-0.25, -0.2) is 9.37 Å². The van der Waals surface area contributed by atoms with Crippen LogP contribution < -0.4 is 5.32 Å². The lowest BCUT2D eigenvalue weighted by atomic mass is 10.2. The SMILES string of the molecule is CC(C(=O)Nc1nccs1)N1CCCN(C(=O)c2ccc(F)cc2)CC1. The van der Waals surface area contributed by atoms with E-state index in [1.165, 1.54) is 35.6 Å². The van der Waals surface area contributed by atoms with Gasteiger partial charge in [-0.2, -0.15) is 0 Å². The van der Waals surface area contributed by atoms with Gasteiger partial charge < -0.3 is 10.2 Å². The summed E-state index contributed by atoms with van der Waals surface area (Å²) in [7, 11) is 0. The Morgan fingerprint density at radius 2 is 1.96 bits per heavy atom. The highest BCUT2D eigenvalue weighted by Gasteiger charge is 2.26. The number of rotatable bonds is 4. The second-order valence-corrected chi connectivity index (χ2v) is 7.09. The van der Waals surface area contributed by atoms with Crippen molar-refractivity contribution in [1.82, 2.24) is 14.8 Å². The largest absolute Gasteiger partial charge is 0.337 e. The van der Waals surface area contributed by atoms with Gasteiger partial charge in [-0.3, -0.25) is 14.5 Å². The predicted octanol–water partition coefficient (Wildman–Crippen LogP) is 2.46. The standard InChI is InChI=1S/C18H21FN4O2S/c1-13(16(24)21-18-20-7-12-26-18)22-8-2-9-23(11-10-22)17(25)14-3-5-15(19)6-4-14/h3-7,12-13H,2,8-11H2,1H3,(H,20,21,24). The van der Waals surface area contributed by atoms with Crippen molar-refractivity contribution in [2.45, 2.75) is 19.4 Å². The van der Waals surface area contributed by atoms with Crippen molar-refractivity contribution < 1.29 is 14.0 Å². The molecule has 138 valence electrons. The first-order valence-electron chi connectivity index (χ1n) is 8.54. The number of carbonyl (C=O) groups is 2. The minimum atomic E-state index is -0.358. The van der Waals surface area contributed by atoms with Crippen LogP contribution in [0.3, 0.4) is 0 Å². The highest BCUT2D eigenvalue weighted by molar-refractivity contribution is 7.13. The summed E-state index contributed by atoms with van der Waals surface area (Å²) in [6.07, 6.45) is 2.43. The summed E-state index contributed by atoms with van der Waals surface area (Å²) in [6, 6.07) is 5.29. The number of nitrogens with one attached hydrogen (secondary N) is 1. The monoisotopic (exact) mass is 376 g/mol. The number of nitrogens with zero attached hydrogens (tertiary/aromatic N) is 3. The summed E-state index contributed by atoms with van der Waals surface area (Å²) in [5.41, 5.74) is 0.481. The fourth-order valence-electron chi connectivity index (χ4n) is 2.96. The smallest absolute Gasteiger partial charge is 0.253 e. The molecular formula is C18H21FN4O2S. The van der Waals surface area contributed by atoms with Gasteiger partial charge in [0.2, 0.25) is 5.91 Å². The van der Waals surface area contributed by atoms with Crippen LogP contribution in [0.15, 0.2) is 35.8 Å². The van der Waals surface area contributed by atoms with Crippen LogP contribution in [0, 0.1) is 5.82 Å². The first-order valence-corrected chi connectivity index (χ1v) is 9.42. The van der Waals surface area contributed by atoms with Gasteiger partial charge in [0.15, 0.2) is 5.13 Å². The summed E-state index contributed by atoms with van der Waals surface area (Å²) < 4.78 is 13.0. The zero-order valence-electron chi connectivity index (χ0n) is 14.5. The molecule has 0 radical (unpaired) electrons. The molecular weight excluding hydrogens is 355 g/mol. The van der Waals surface area contributed by atoms with Crippen molar-refractivity contribution in [2.24, 2.45) is 0 Å². The van der Waals surface area contributed by atoms with Gasteiger partial charge in [-0.15, -0.1) is 11.3 Å². The molecule has 1 saturated heterocycles. The Bertz CT molecular complexity index is 751. The van der Waals surface area contributed by atoms with E-state index in [0.29, 0.717) is 30.3 Å². The number of amides is 2. The van der Waals surface area contributed by atoms with Crippen molar-refractivity contribution in [3.05, 3.63) is 47.2 Å². The molecule has 1 aliphatic heterocycles. The van der Waals surface area contributed by atoms with E-state index in [0.717, 1.165) is 13.0 Å². The Balaban J connectivity index is 1.58. The summed E-state index contributed by atoms with van der Waals surface area (Å²) in [5.74, 6) is -0.561. The van der Waals surface area contributed by atoms with E-state index < -0.39 is 0 Å². The lowest BCUT2D eigenvalue weighted by Gasteiger charge is -2.26. The minimum Gasteiger partial charge on any atom is -0.337 e. The zero-order chi connectivity index (χ0) is 18.5. The molecule has 1 aliphatic rings. The molecule has 0 bridgehead atoms. The van der Waals surface area contributed by atoms with E-state index in [4.69, 9.17) is 0 Å². The number of benzene rings is 1. The van der Waals surface area contributed by atoms with Crippen molar-refractivity contribution in [3.8, 4) is 0 Å². The van der Waals surface area contributed by atoms with Crippen LogP contribution >= 0.6 is 11.3 Å². The predicted molar refractivity (Wildman–Crippen MR) is 98.7 cm³/mol. The number of carbonyl (C=O) groups excluding carboxylic acids is 2. The first kappa shape index (κ1) is 18.5. The van der Waals surface area contributed by atoms with E-state index >= 15 is 0 Å². The third-order valence-electron chi connectivity index (χ3n) is 4.50. The molecule has 1 N–H and O–H groups in total. The molecule has 26 heavy (non-hydrogen) atoms. The molecule has 0 spiro atoms. The highest BCUT2D eigenvalue weighted by Crippen LogP contribution is 2.15. The van der Waals surface area contributed by atoms with Gasteiger partial charge in [0.25, 0.3) is 5.91 Å². The molecule has 1 unspecified atom stereocenters. The lowest BCUT2D eigenvalue weighted by Crippen LogP contribution is -2.44. The van der Waals surface area contributed by atoms with E-state index in [-0.39, 0.29) is 23.7 Å². The highest BCUT2D eigenvalue weighted by atomic mass is 32.1. The number of anilines is 1. The van der Waals surface area contributed by atoms with Crippen molar-refractivity contribution in [1.29, 1.82) is 0 Å². The zero-order valence-corrected chi connectivity index (χ0v) is 15.3. The van der Waals surface area contributed by atoms with Gasteiger partial charge in [0.05, 0.1) is 6.04 Å². The first-order chi connectivity index (χ1) is 12.5. The Morgan fingerprint density at radius 1 is 1.19 bits per heavy atom.